The van der Waals surface area contributed by atoms with E-state index in [1.807, 2.05) is 24.1 Å². The van der Waals surface area contributed by atoms with Gasteiger partial charge in [0.2, 0.25) is 0 Å². The molecule has 3 aromatic rings. The largest absolute Gasteiger partial charge is 0.383 e. The number of halogens is 1. The fourth-order valence-corrected chi connectivity index (χ4v) is 4.77. The van der Waals surface area contributed by atoms with Gasteiger partial charge in [-0.05, 0) is 36.0 Å². The van der Waals surface area contributed by atoms with Gasteiger partial charge in [0.25, 0.3) is 5.91 Å². The smallest absolute Gasteiger partial charge is 0.274 e. The molecule has 2 aromatic carbocycles. The van der Waals surface area contributed by atoms with E-state index in [1.165, 1.54) is 18.4 Å². The number of benzene rings is 2. The van der Waals surface area contributed by atoms with Crippen molar-refractivity contribution in [1.29, 1.82) is 5.53 Å². The molecule has 2 N–H and O–H groups in total. The lowest BCUT2D eigenvalue weighted by Crippen LogP contribution is -2.48. The summed E-state index contributed by atoms with van der Waals surface area (Å²) in [5.74, 6) is 0.725. The molecule has 1 saturated heterocycles. The molecule has 1 saturated carbocycles. The molecule has 0 bridgehead atoms. The average Bonchev–Trinajstić information content (AvgIpc) is 3.61. The minimum atomic E-state index is -0.000905. The standard InChI is InChI=1S/C26H30ClN7O/c1-32-16-23(30-17-32)26(35)34-12-10-33(11-13-34)15-19-4-6-20(7-5-19)21-8-9-22(25(31-28)24(21)27)29-14-18-2-3-18/h4-9,16-18,28-29H,2-3,10-15H2,1H3. The lowest BCUT2D eigenvalue weighted by molar-refractivity contribution is 0.0623. The molecule has 1 aromatic heterocycles. The molecule has 1 aliphatic heterocycles. The first-order valence-corrected chi connectivity index (χ1v) is 12.4. The molecule has 5 rings (SSSR count). The maximum Gasteiger partial charge on any atom is 0.274 e. The van der Waals surface area contributed by atoms with Crippen LogP contribution in [0, 0.1) is 11.4 Å². The second kappa shape index (κ2) is 10.2. The highest BCUT2D eigenvalue weighted by atomic mass is 35.5. The highest BCUT2D eigenvalue weighted by Gasteiger charge is 2.24. The Morgan fingerprint density at radius 3 is 2.51 bits per heavy atom. The van der Waals surface area contributed by atoms with E-state index in [2.05, 4.69) is 44.6 Å². The first-order chi connectivity index (χ1) is 17.0. The van der Waals surface area contributed by atoms with Crippen LogP contribution in [0.4, 0.5) is 11.4 Å². The average molecular weight is 492 g/mol. The third kappa shape index (κ3) is 5.39. The van der Waals surface area contributed by atoms with Crippen LogP contribution >= 0.6 is 11.6 Å². The van der Waals surface area contributed by atoms with Crippen molar-refractivity contribution >= 4 is 28.9 Å². The molecule has 0 radical (unpaired) electrons. The number of piperazine rings is 1. The number of nitrogens with one attached hydrogen (secondary N) is 2. The van der Waals surface area contributed by atoms with Crippen molar-refractivity contribution in [3.05, 3.63) is 65.2 Å². The monoisotopic (exact) mass is 491 g/mol. The highest BCUT2D eigenvalue weighted by molar-refractivity contribution is 6.36. The molecule has 8 nitrogen and oxygen atoms in total. The Bertz CT molecular complexity index is 1210. The summed E-state index contributed by atoms with van der Waals surface area (Å²) in [7, 11) is 1.87. The SMILES string of the molecule is Cn1cnc(C(=O)N2CCN(Cc3ccc(-c4ccc(NCC5CC5)c(N=N)c4Cl)cc3)CC2)c1. The number of nitrogens with zero attached hydrogens (tertiary/aromatic N) is 5. The van der Waals surface area contributed by atoms with Crippen LogP contribution in [0.1, 0.15) is 28.9 Å². The van der Waals surface area contributed by atoms with Gasteiger partial charge < -0.3 is 14.8 Å². The first kappa shape index (κ1) is 23.5. The van der Waals surface area contributed by atoms with Crippen LogP contribution in [0.15, 0.2) is 54.0 Å². The Hall–Kier alpha value is -3.23. The Morgan fingerprint density at radius 2 is 1.89 bits per heavy atom. The fourth-order valence-electron chi connectivity index (χ4n) is 4.46. The van der Waals surface area contributed by atoms with E-state index in [1.54, 1.807) is 17.1 Å². The second-order valence-corrected chi connectivity index (χ2v) is 9.83. The predicted octanol–water partition coefficient (Wildman–Crippen LogP) is 5.18. The molecule has 1 amide bonds. The number of amides is 1. The molecule has 2 fully saturated rings. The maximum atomic E-state index is 12.6. The molecule has 1 aliphatic carbocycles. The topological polar surface area (TPSA) is 89.6 Å². The number of hydrogen-bond donors (Lipinski definition) is 2. The summed E-state index contributed by atoms with van der Waals surface area (Å²) >= 11 is 6.66. The zero-order valence-corrected chi connectivity index (χ0v) is 20.6. The van der Waals surface area contributed by atoms with Crippen molar-refractivity contribution in [2.45, 2.75) is 19.4 Å². The van der Waals surface area contributed by atoms with Crippen molar-refractivity contribution in [3.63, 3.8) is 0 Å². The van der Waals surface area contributed by atoms with Crippen LogP contribution in [0.5, 0.6) is 0 Å². The van der Waals surface area contributed by atoms with E-state index in [0.717, 1.165) is 48.9 Å². The lowest BCUT2D eigenvalue weighted by atomic mass is 10.0. The normalized spacial score (nSPS) is 16.3. The van der Waals surface area contributed by atoms with E-state index < -0.39 is 0 Å². The van der Waals surface area contributed by atoms with Crippen LogP contribution < -0.4 is 5.32 Å². The summed E-state index contributed by atoms with van der Waals surface area (Å²) in [4.78, 5) is 21.0. The van der Waals surface area contributed by atoms with Crippen LogP contribution in [-0.2, 0) is 13.6 Å². The molecule has 182 valence electrons. The number of aromatic nitrogens is 2. The van der Waals surface area contributed by atoms with Gasteiger partial charge in [0, 0.05) is 58.1 Å². The van der Waals surface area contributed by atoms with Gasteiger partial charge in [0.05, 0.1) is 17.0 Å². The van der Waals surface area contributed by atoms with Gasteiger partial charge in [-0.15, -0.1) is 0 Å². The summed E-state index contributed by atoms with van der Waals surface area (Å²) in [5, 5.41) is 7.59. The quantitative estimate of drug-likeness (QED) is 0.425. The summed E-state index contributed by atoms with van der Waals surface area (Å²) in [6.45, 7) is 4.79. The molecule has 0 spiro atoms. The number of rotatable bonds is 8. The summed E-state index contributed by atoms with van der Waals surface area (Å²) in [6, 6.07) is 12.3. The van der Waals surface area contributed by atoms with Crippen LogP contribution in [-0.4, -0.2) is 58.0 Å². The molecular weight excluding hydrogens is 462 g/mol. The molecular formula is C26H30ClN7O. The zero-order valence-electron chi connectivity index (χ0n) is 19.9. The van der Waals surface area contributed by atoms with Crippen LogP contribution in [0.25, 0.3) is 11.1 Å². The molecule has 9 heteroatoms. The van der Waals surface area contributed by atoms with Crippen molar-refractivity contribution in [2.75, 3.05) is 38.0 Å². The van der Waals surface area contributed by atoms with Gasteiger partial charge in [-0.25, -0.2) is 10.5 Å². The predicted molar refractivity (Wildman–Crippen MR) is 137 cm³/mol. The Balaban J connectivity index is 1.19. The van der Waals surface area contributed by atoms with E-state index in [4.69, 9.17) is 17.1 Å². The van der Waals surface area contributed by atoms with E-state index >= 15 is 0 Å². The van der Waals surface area contributed by atoms with E-state index in [-0.39, 0.29) is 5.91 Å². The Kier molecular flexibility index (Phi) is 6.83. The molecule has 0 unspecified atom stereocenters. The highest BCUT2D eigenvalue weighted by Crippen LogP contribution is 2.41. The zero-order chi connectivity index (χ0) is 24.4. The number of hydrogen-bond acceptors (Lipinski definition) is 6. The lowest BCUT2D eigenvalue weighted by Gasteiger charge is -2.34. The van der Waals surface area contributed by atoms with Crippen LogP contribution in [0.3, 0.4) is 0 Å². The van der Waals surface area contributed by atoms with Gasteiger partial charge in [-0.3, -0.25) is 9.69 Å². The van der Waals surface area contributed by atoms with Gasteiger partial charge in [0.15, 0.2) is 0 Å². The molecule has 35 heavy (non-hydrogen) atoms. The second-order valence-electron chi connectivity index (χ2n) is 9.45. The number of anilines is 1. The third-order valence-electron chi connectivity index (χ3n) is 6.76. The van der Waals surface area contributed by atoms with E-state index in [0.29, 0.717) is 29.5 Å². The fraction of sp³-hybridized carbons (Fsp3) is 0.385. The maximum absolute atomic E-state index is 12.6. The van der Waals surface area contributed by atoms with E-state index in [9.17, 15) is 4.79 Å². The molecule has 2 heterocycles. The van der Waals surface area contributed by atoms with Gasteiger partial charge in [-0.1, -0.05) is 41.9 Å². The molecule has 0 atom stereocenters. The van der Waals surface area contributed by atoms with Crippen molar-refractivity contribution in [1.82, 2.24) is 19.4 Å². The number of aryl methyl sites for hydroxylation is 1. The summed E-state index contributed by atoms with van der Waals surface area (Å²) in [6.07, 6.45) is 5.94. The van der Waals surface area contributed by atoms with Crippen molar-refractivity contribution in [2.24, 2.45) is 18.1 Å². The van der Waals surface area contributed by atoms with Crippen LogP contribution in [0.2, 0.25) is 5.02 Å². The minimum absolute atomic E-state index is 0.000905. The number of carbonyl (C=O) groups is 1. The molecule has 2 aliphatic rings. The van der Waals surface area contributed by atoms with Gasteiger partial charge in [0.1, 0.15) is 11.4 Å². The van der Waals surface area contributed by atoms with Crippen molar-refractivity contribution in [3.8, 4) is 11.1 Å². The Labute approximate surface area is 210 Å². The number of carbonyl (C=O) groups excluding carboxylic acids is 1. The third-order valence-corrected chi connectivity index (χ3v) is 7.14. The minimum Gasteiger partial charge on any atom is -0.383 e. The summed E-state index contributed by atoms with van der Waals surface area (Å²) in [5.41, 5.74) is 12.5. The van der Waals surface area contributed by atoms with Gasteiger partial charge >= 0.3 is 0 Å². The van der Waals surface area contributed by atoms with Crippen molar-refractivity contribution < 1.29 is 4.79 Å². The Morgan fingerprint density at radius 1 is 1.14 bits per heavy atom. The van der Waals surface area contributed by atoms with Gasteiger partial charge in [-0.2, -0.15) is 5.11 Å². The first-order valence-electron chi connectivity index (χ1n) is 12.0. The number of imidazole rings is 1. The summed E-state index contributed by atoms with van der Waals surface area (Å²) < 4.78 is 1.79.